The van der Waals surface area contributed by atoms with Gasteiger partial charge in [-0.2, -0.15) is 0 Å². The van der Waals surface area contributed by atoms with Crippen LogP contribution in [-0.2, 0) is 4.79 Å². The quantitative estimate of drug-likeness (QED) is 0.627. The number of likely N-dealkylation sites (tertiary alicyclic amines) is 2. The van der Waals surface area contributed by atoms with E-state index in [4.69, 9.17) is 0 Å². The molecule has 0 aromatic rings. The standard InChI is InChI=1S/C11H20N2O/c1-12-7-5-6-10(12)11(14)13-8-3-2-4-9-13/h10H,2-9H2,1H3/t10-/m0/s1. The second kappa shape index (κ2) is 4.30. The molecule has 2 aliphatic rings. The summed E-state index contributed by atoms with van der Waals surface area (Å²) in [5, 5.41) is 0. The van der Waals surface area contributed by atoms with E-state index in [1.165, 1.54) is 25.7 Å². The molecule has 0 saturated carbocycles. The normalized spacial score (nSPS) is 29.5. The van der Waals surface area contributed by atoms with Crippen molar-refractivity contribution in [1.29, 1.82) is 0 Å². The van der Waals surface area contributed by atoms with E-state index < -0.39 is 0 Å². The highest BCUT2D eigenvalue weighted by Gasteiger charge is 2.31. The van der Waals surface area contributed by atoms with Crippen LogP contribution >= 0.6 is 0 Å². The van der Waals surface area contributed by atoms with Crippen LogP contribution < -0.4 is 0 Å². The molecule has 1 amide bonds. The van der Waals surface area contributed by atoms with Crippen LogP contribution in [0.5, 0.6) is 0 Å². The Morgan fingerprint density at radius 3 is 2.36 bits per heavy atom. The zero-order valence-electron chi connectivity index (χ0n) is 9.04. The minimum absolute atomic E-state index is 0.188. The molecule has 3 nitrogen and oxygen atoms in total. The van der Waals surface area contributed by atoms with E-state index in [-0.39, 0.29) is 6.04 Å². The molecule has 2 rings (SSSR count). The lowest BCUT2D eigenvalue weighted by molar-refractivity contribution is -0.136. The van der Waals surface area contributed by atoms with Crippen molar-refractivity contribution >= 4 is 5.91 Å². The Balaban J connectivity index is 1.92. The lowest BCUT2D eigenvalue weighted by Crippen LogP contribution is -2.46. The van der Waals surface area contributed by atoms with Gasteiger partial charge in [-0.15, -0.1) is 0 Å². The summed E-state index contributed by atoms with van der Waals surface area (Å²) in [7, 11) is 2.07. The predicted molar refractivity (Wildman–Crippen MR) is 56.1 cm³/mol. The van der Waals surface area contributed by atoms with Gasteiger partial charge in [0.25, 0.3) is 0 Å². The molecule has 80 valence electrons. The van der Waals surface area contributed by atoms with Gasteiger partial charge < -0.3 is 4.90 Å². The molecule has 0 aromatic heterocycles. The van der Waals surface area contributed by atoms with Gasteiger partial charge in [-0.05, 0) is 45.7 Å². The van der Waals surface area contributed by atoms with Crippen molar-refractivity contribution in [2.24, 2.45) is 0 Å². The molecule has 0 aromatic carbocycles. The first-order valence-electron chi connectivity index (χ1n) is 5.78. The number of amides is 1. The van der Waals surface area contributed by atoms with Gasteiger partial charge in [0.05, 0.1) is 6.04 Å². The van der Waals surface area contributed by atoms with E-state index in [1.807, 2.05) is 0 Å². The van der Waals surface area contributed by atoms with Crippen LogP contribution in [-0.4, -0.2) is 48.4 Å². The Kier molecular flexibility index (Phi) is 3.06. The molecule has 0 unspecified atom stereocenters. The Morgan fingerprint density at radius 2 is 1.79 bits per heavy atom. The third-order valence-electron chi connectivity index (χ3n) is 3.47. The van der Waals surface area contributed by atoms with Crippen LogP contribution in [0.25, 0.3) is 0 Å². The van der Waals surface area contributed by atoms with Crippen molar-refractivity contribution < 1.29 is 4.79 Å². The summed E-state index contributed by atoms with van der Waals surface area (Å²) in [5.41, 5.74) is 0. The number of hydrogen-bond acceptors (Lipinski definition) is 2. The molecule has 1 atom stereocenters. The third kappa shape index (κ3) is 1.92. The topological polar surface area (TPSA) is 23.6 Å². The Labute approximate surface area is 86.1 Å². The first-order valence-corrected chi connectivity index (χ1v) is 5.78. The van der Waals surface area contributed by atoms with Crippen LogP contribution in [0.4, 0.5) is 0 Å². The Bertz CT molecular complexity index is 211. The number of piperidine rings is 1. The van der Waals surface area contributed by atoms with Crippen molar-refractivity contribution in [2.75, 3.05) is 26.7 Å². The molecule has 3 heteroatoms. The van der Waals surface area contributed by atoms with E-state index in [1.54, 1.807) is 0 Å². The fourth-order valence-corrected chi connectivity index (χ4v) is 2.55. The second-order valence-electron chi connectivity index (χ2n) is 4.52. The number of carbonyl (C=O) groups is 1. The number of carbonyl (C=O) groups excluding carboxylic acids is 1. The Morgan fingerprint density at radius 1 is 1.07 bits per heavy atom. The van der Waals surface area contributed by atoms with Gasteiger partial charge in [0.1, 0.15) is 0 Å². The van der Waals surface area contributed by atoms with Gasteiger partial charge in [-0.1, -0.05) is 0 Å². The minimum Gasteiger partial charge on any atom is -0.341 e. The molecule has 2 heterocycles. The van der Waals surface area contributed by atoms with Crippen molar-refractivity contribution in [3.05, 3.63) is 0 Å². The lowest BCUT2D eigenvalue weighted by atomic mass is 10.1. The van der Waals surface area contributed by atoms with Crippen LogP contribution in [0, 0.1) is 0 Å². The van der Waals surface area contributed by atoms with Gasteiger partial charge in [-0.3, -0.25) is 9.69 Å². The summed E-state index contributed by atoms with van der Waals surface area (Å²) >= 11 is 0. The van der Waals surface area contributed by atoms with Crippen LogP contribution in [0.15, 0.2) is 0 Å². The van der Waals surface area contributed by atoms with Crippen LogP contribution in [0.3, 0.4) is 0 Å². The molecule has 2 aliphatic heterocycles. The Hall–Kier alpha value is -0.570. The maximum absolute atomic E-state index is 12.1. The molecule has 0 radical (unpaired) electrons. The van der Waals surface area contributed by atoms with Gasteiger partial charge >= 0.3 is 0 Å². The van der Waals surface area contributed by atoms with Crippen molar-refractivity contribution in [2.45, 2.75) is 38.1 Å². The SMILES string of the molecule is CN1CCC[C@H]1C(=O)N1CCCCC1. The summed E-state index contributed by atoms with van der Waals surface area (Å²) in [6.07, 6.45) is 5.93. The van der Waals surface area contributed by atoms with E-state index in [0.717, 1.165) is 26.1 Å². The zero-order valence-corrected chi connectivity index (χ0v) is 9.04. The fraction of sp³-hybridized carbons (Fsp3) is 0.909. The van der Waals surface area contributed by atoms with Gasteiger partial charge in [0, 0.05) is 13.1 Å². The van der Waals surface area contributed by atoms with E-state index >= 15 is 0 Å². The molecule has 0 aliphatic carbocycles. The highest BCUT2D eigenvalue weighted by Crippen LogP contribution is 2.19. The van der Waals surface area contributed by atoms with Crippen molar-refractivity contribution in [3.63, 3.8) is 0 Å². The average Bonchev–Trinajstić information content (AvgIpc) is 2.65. The summed E-state index contributed by atoms with van der Waals surface area (Å²) in [6.45, 7) is 3.07. The van der Waals surface area contributed by atoms with Crippen LogP contribution in [0.1, 0.15) is 32.1 Å². The van der Waals surface area contributed by atoms with E-state index in [2.05, 4.69) is 16.8 Å². The minimum atomic E-state index is 0.188. The largest absolute Gasteiger partial charge is 0.341 e. The summed E-state index contributed by atoms with van der Waals surface area (Å²) in [5.74, 6) is 0.379. The third-order valence-corrected chi connectivity index (χ3v) is 3.47. The monoisotopic (exact) mass is 196 g/mol. The molecule has 0 N–H and O–H groups in total. The summed E-state index contributed by atoms with van der Waals surface area (Å²) in [6, 6.07) is 0.188. The molecular weight excluding hydrogens is 176 g/mol. The lowest BCUT2D eigenvalue weighted by Gasteiger charge is -2.31. The first kappa shape index (κ1) is 9.97. The molecule has 0 spiro atoms. The highest BCUT2D eigenvalue weighted by molar-refractivity contribution is 5.82. The van der Waals surface area contributed by atoms with Gasteiger partial charge in [-0.25, -0.2) is 0 Å². The van der Waals surface area contributed by atoms with Crippen molar-refractivity contribution in [3.8, 4) is 0 Å². The first-order chi connectivity index (χ1) is 6.79. The maximum Gasteiger partial charge on any atom is 0.239 e. The van der Waals surface area contributed by atoms with Gasteiger partial charge in [0.15, 0.2) is 0 Å². The number of rotatable bonds is 1. The average molecular weight is 196 g/mol. The second-order valence-corrected chi connectivity index (χ2v) is 4.52. The fourth-order valence-electron chi connectivity index (χ4n) is 2.55. The zero-order chi connectivity index (χ0) is 9.97. The molecule has 14 heavy (non-hydrogen) atoms. The highest BCUT2D eigenvalue weighted by atomic mass is 16.2. The number of likely N-dealkylation sites (N-methyl/N-ethyl adjacent to an activating group) is 1. The molecule has 0 bridgehead atoms. The maximum atomic E-state index is 12.1. The van der Waals surface area contributed by atoms with Crippen molar-refractivity contribution in [1.82, 2.24) is 9.80 Å². The summed E-state index contributed by atoms with van der Waals surface area (Å²) in [4.78, 5) is 16.4. The summed E-state index contributed by atoms with van der Waals surface area (Å²) < 4.78 is 0. The van der Waals surface area contributed by atoms with E-state index in [9.17, 15) is 4.79 Å². The molecule has 2 saturated heterocycles. The smallest absolute Gasteiger partial charge is 0.239 e. The van der Waals surface area contributed by atoms with Crippen LogP contribution in [0.2, 0.25) is 0 Å². The van der Waals surface area contributed by atoms with E-state index in [0.29, 0.717) is 5.91 Å². The number of hydrogen-bond donors (Lipinski definition) is 0. The molecular formula is C11H20N2O. The molecule has 2 fully saturated rings. The predicted octanol–water partition coefficient (Wildman–Crippen LogP) is 1.09. The van der Waals surface area contributed by atoms with Gasteiger partial charge in [0.2, 0.25) is 5.91 Å². The number of nitrogens with zero attached hydrogens (tertiary/aromatic N) is 2.